The van der Waals surface area contributed by atoms with Gasteiger partial charge < -0.3 is 5.11 Å². The number of nitrogens with zero attached hydrogens (tertiary/aromatic N) is 2. The molecular weight excluding hydrogens is 613 g/mol. The summed E-state index contributed by atoms with van der Waals surface area (Å²) in [6.45, 7) is 30.0. The molecule has 3 aromatic carbocycles. The van der Waals surface area contributed by atoms with Crippen LogP contribution >= 0.6 is 11.3 Å². The fraction of sp³-hybridized carbons (Fsp3) is 0.400. The molecule has 0 aliphatic carbocycles. The third-order valence-corrected chi connectivity index (χ3v) is 14.2. The summed E-state index contributed by atoms with van der Waals surface area (Å²) in [6.07, 6.45) is 1.98. The van der Waals surface area contributed by atoms with E-state index in [1.807, 2.05) is 6.20 Å². The molecule has 2 heterocycles. The first-order valence-electron chi connectivity index (χ1n) is 16.7. The van der Waals surface area contributed by atoms with Gasteiger partial charge in [0.25, 0.3) is 0 Å². The third kappa shape index (κ3) is 6.95. The van der Waals surface area contributed by atoms with Gasteiger partial charge in [-0.25, -0.2) is 4.98 Å². The monoisotopic (exact) mass is 664 g/mol. The summed E-state index contributed by atoms with van der Waals surface area (Å²) in [4.78, 5) is 10.2. The Hall–Kier alpha value is -3.07. The minimum absolute atomic E-state index is 0.0415. The smallest absolute Gasteiger partial charge is 0.129 e. The molecule has 6 heteroatoms. The van der Waals surface area contributed by atoms with E-state index in [9.17, 15) is 5.11 Å². The van der Waals surface area contributed by atoms with E-state index in [0.29, 0.717) is 11.7 Å². The van der Waals surface area contributed by atoms with E-state index in [4.69, 9.17) is 9.97 Å². The van der Waals surface area contributed by atoms with Gasteiger partial charge in [0.2, 0.25) is 0 Å². The number of thiazole rings is 1. The minimum Gasteiger partial charge on any atom is -0.507 e. The van der Waals surface area contributed by atoms with Crippen LogP contribution in [-0.2, 0) is 5.41 Å². The molecule has 0 aliphatic rings. The van der Waals surface area contributed by atoms with Crippen molar-refractivity contribution in [1.82, 2.24) is 9.97 Å². The fourth-order valence-corrected chi connectivity index (χ4v) is 9.29. The van der Waals surface area contributed by atoms with E-state index in [0.717, 1.165) is 38.5 Å². The molecule has 0 aliphatic heterocycles. The predicted molar refractivity (Wildman–Crippen MR) is 208 cm³/mol. The highest BCUT2D eigenvalue weighted by molar-refractivity contribution is 7.22. The van der Waals surface area contributed by atoms with Gasteiger partial charge in [-0.15, -0.1) is 11.3 Å². The number of benzene rings is 3. The van der Waals surface area contributed by atoms with Crippen molar-refractivity contribution in [3.8, 4) is 38.7 Å². The van der Waals surface area contributed by atoms with Gasteiger partial charge in [-0.05, 0) is 75.9 Å². The van der Waals surface area contributed by atoms with Gasteiger partial charge in [-0.2, -0.15) is 0 Å². The Morgan fingerprint density at radius 1 is 0.717 bits per heavy atom. The summed E-state index contributed by atoms with van der Waals surface area (Å²) in [5.41, 5.74) is 9.81. The predicted octanol–water partition coefficient (Wildman–Crippen LogP) is 11.0. The molecule has 0 amide bonds. The van der Waals surface area contributed by atoms with E-state index >= 15 is 0 Å². The second-order valence-electron chi connectivity index (χ2n) is 16.7. The lowest BCUT2D eigenvalue weighted by molar-refractivity contribution is 0.466. The minimum atomic E-state index is -1.68. The number of aromatic nitrogens is 2. The van der Waals surface area contributed by atoms with Crippen molar-refractivity contribution in [3.63, 3.8) is 0 Å². The summed E-state index contributed by atoms with van der Waals surface area (Å²) in [5, 5.41) is 15.3. The number of phenols is 1. The van der Waals surface area contributed by atoms with Gasteiger partial charge in [0.1, 0.15) is 10.8 Å². The normalized spacial score (nSPS) is 12.9. The Morgan fingerprint density at radius 3 is 1.96 bits per heavy atom. The number of rotatable bonds is 7. The van der Waals surface area contributed by atoms with Crippen LogP contribution in [0.25, 0.3) is 43.2 Å². The molecule has 0 radical (unpaired) electrons. The lowest BCUT2D eigenvalue weighted by Gasteiger charge is -2.23. The summed E-state index contributed by atoms with van der Waals surface area (Å²) in [5.74, 6) is 0.926. The van der Waals surface area contributed by atoms with Crippen LogP contribution < -0.4 is 10.4 Å². The maximum absolute atomic E-state index is 11.6. The van der Waals surface area contributed by atoms with Crippen LogP contribution in [0.15, 0.2) is 60.8 Å². The number of fused-ring (bicyclic) bond motifs is 1. The molecule has 46 heavy (non-hydrogen) atoms. The molecule has 0 unspecified atom stereocenters. The molecule has 0 fully saturated rings. The van der Waals surface area contributed by atoms with Gasteiger partial charge in [-0.3, -0.25) is 4.98 Å². The molecule has 242 valence electrons. The van der Waals surface area contributed by atoms with E-state index in [2.05, 4.69) is 142 Å². The summed E-state index contributed by atoms with van der Waals surface area (Å²) < 4.78 is 1.17. The molecule has 0 saturated heterocycles. The zero-order valence-electron chi connectivity index (χ0n) is 30.2. The average molecular weight is 665 g/mol. The second kappa shape index (κ2) is 12.2. The average Bonchev–Trinajstić information content (AvgIpc) is 3.39. The fourth-order valence-electron chi connectivity index (χ4n) is 5.83. The van der Waals surface area contributed by atoms with E-state index in [-0.39, 0.29) is 11.3 Å². The third-order valence-electron chi connectivity index (χ3n) is 9.07. The van der Waals surface area contributed by atoms with Crippen LogP contribution in [0.4, 0.5) is 0 Å². The van der Waals surface area contributed by atoms with Crippen molar-refractivity contribution in [2.24, 2.45) is 0 Å². The number of hydrogen-bond donors (Lipinski definition) is 1. The van der Waals surface area contributed by atoms with Crippen molar-refractivity contribution >= 4 is 48.1 Å². The molecule has 0 spiro atoms. The highest BCUT2D eigenvalue weighted by Gasteiger charge is 2.25. The Balaban J connectivity index is 1.82. The molecular formula is C40H52N2OSSi2. The maximum Gasteiger partial charge on any atom is 0.129 e. The maximum atomic E-state index is 11.6. The molecule has 1 N–H and O–H groups in total. The van der Waals surface area contributed by atoms with E-state index in [1.54, 1.807) is 11.3 Å². The van der Waals surface area contributed by atoms with Gasteiger partial charge in [0.05, 0.1) is 37.6 Å². The summed E-state index contributed by atoms with van der Waals surface area (Å²) in [6, 6.07) is 20.6. The zero-order valence-corrected chi connectivity index (χ0v) is 33.0. The first kappa shape index (κ1) is 34.3. The number of hydrogen-bond acceptors (Lipinski definition) is 4. The van der Waals surface area contributed by atoms with Crippen LogP contribution in [0.1, 0.15) is 77.0 Å². The molecule has 5 rings (SSSR count). The lowest BCUT2D eigenvalue weighted by Crippen LogP contribution is -2.37. The Bertz CT molecular complexity index is 1920. The van der Waals surface area contributed by atoms with Crippen LogP contribution in [0.5, 0.6) is 5.75 Å². The highest BCUT2D eigenvalue weighted by atomic mass is 32.1. The van der Waals surface area contributed by atoms with Crippen LogP contribution in [-0.4, -0.2) is 31.2 Å². The topological polar surface area (TPSA) is 46.0 Å². The SMILES string of the molecule is CC(C)c1cc(-c2nc3c(-c4cc(-c5cc([Si](C)(C)C)ccn5)cc(C(C)(C)C)c4)cc([Si](C)(C)C)cc3s2)c(O)c(C(C)C)c1. The highest BCUT2D eigenvalue weighted by Crippen LogP contribution is 2.44. The number of pyridine rings is 1. The quantitative estimate of drug-likeness (QED) is 0.176. The molecule has 0 saturated carbocycles. The first-order chi connectivity index (χ1) is 21.2. The number of aromatic hydroxyl groups is 1. The molecule has 0 bridgehead atoms. The molecule has 5 aromatic rings. The van der Waals surface area contributed by atoms with E-state index < -0.39 is 16.1 Å². The van der Waals surface area contributed by atoms with E-state index in [1.165, 1.54) is 31.8 Å². The van der Waals surface area contributed by atoms with Gasteiger partial charge in [-0.1, -0.05) is 116 Å². The second-order valence-corrected chi connectivity index (χ2v) is 27.9. The Labute approximate surface area is 283 Å². The van der Waals surface area contributed by atoms with Crippen LogP contribution in [0.3, 0.4) is 0 Å². The summed E-state index contributed by atoms with van der Waals surface area (Å²) in [7, 11) is -3.19. The Morgan fingerprint density at radius 2 is 1.37 bits per heavy atom. The molecule has 0 atom stereocenters. The first-order valence-corrected chi connectivity index (χ1v) is 24.5. The zero-order chi connectivity index (χ0) is 33.9. The lowest BCUT2D eigenvalue weighted by atomic mass is 9.83. The summed E-state index contributed by atoms with van der Waals surface area (Å²) >= 11 is 1.70. The Kier molecular flexibility index (Phi) is 9.08. The van der Waals surface area contributed by atoms with Crippen molar-refractivity contribution in [2.45, 2.75) is 105 Å². The molecule has 2 aromatic heterocycles. The van der Waals surface area contributed by atoms with Gasteiger partial charge in [0, 0.05) is 17.3 Å². The van der Waals surface area contributed by atoms with Crippen molar-refractivity contribution in [1.29, 1.82) is 0 Å². The van der Waals surface area contributed by atoms with Crippen LogP contribution in [0.2, 0.25) is 39.3 Å². The standard InChI is InChI=1S/C40H52N2OSSi2/c1-24(2)26-19-32(25(3)4)38(43)34(20-26)39-42-37-33(21-31(46(11,12)13)23-36(37)44-39)27-16-28(18-29(17-27)40(5,6)7)35-22-30(14-15-41-35)45(8,9)10/h14-25,43H,1-13H3. The van der Waals surface area contributed by atoms with Crippen molar-refractivity contribution < 1.29 is 5.11 Å². The largest absolute Gasteiger partial charge is 0.507 e. The van der Waals surface area contributed by atoms with Crippen LogP contribution in [0, 0.1) is 0 Å². The van der Waals surface area contributed by atoms with Gasteiger partial charge in [0.15, 0.2) is 0 Å². The number of phenolic OH excluding ortho intramolecular Hbond substituents is 1. The van der Waals surface area contributed by atoms with Crippen molar-refractivity contribution in [2.75, 3.05) is 0 Å². The van der Waals surface area contributed by atoms with Gasteiger partial charge >= 0.3 is 0 Å². The molecule has 3 nitrogen and oxygen atoms in total. The van der Waals surface area contributed by atoms with Crippen molar-refractivity contribution in [3.05, 3.63) is 77.5 Å².